The van der Waals surface area contributed by atoms with Gasteiger partial charge in [-0.2, -0.15) is 5.10 Å². The molecular formula is C15H27N3O. The lowest BCUT2D eigenvalue weighted by atomic mass is 9.67. The molecule has 2 fully saturated rings. The van der Waals surface area contributed by atoms with Gasteiger partial charge in [-0.05, 0) is 68.6 Å². The predicted molar refractivity (Wildman–Crippen MR) is 77.8 cm³/mol. The molecule has 0 radical (unpaired) electrons. The lowest BCUT2D eigenvalue weighted by Gasteiger charge is -2.38. The van der Waals surface area contributed by atoms with E-state index < -0.39 is 6.03 Å². The summed E-state index contributed by atoms with van der Waals surface area (Å²) < 4.78 is 0. The first-order valence-corrected chi connectivity index (χ1v) is 7.50. The van der Waals surface area contributed by atoms with Crippen LogP contribution in [0.2, 0.25) is 0 Å². The van der Waals surface area contributed by atoms with E-state index in [1.807, 2.05) is 6.92 Å². The summed E-state index contributed by atoms with van der Waals surface area (Å²) in [6.07, 6.45) is 7.73. The van der Waals surface area contributed by atoms with Crippen molar-refractivity contribution in [1.82, 2.24) is 5.43 Å². The van der Waals surface area contributed by atoms with Gasteiger partial charge in [0.05, 0.1) is 0 Å². The fourth-order valence-corrected chi connectivity index (χ4v) is 4.36. The van der Waals surface area contributed by atoms with Crippen LogP contribution in [-0.4, -0.2) is 11.7 Å². The maximum atomic E-state index is 10.6. The molecule has 0 heterocycles. The van der Waals surface area contributed by atoms with Gasteiger partial charge in [-0.25, -0.2) is 10.2 Å². The van der Waals surface area contributed by atoms with Crippen molar-refractivity contribution in [1.29, 1.82) is 0 Å². The highest BCUT2D eigenvalue weighted by atomic mass is 16.2. The number of carbonyl (C=O) groups is 1. The molecule has 4 nitrogen and oxygen atoms in total. The largest absolute Gasteiger partial charge is 0.350 e. The Morgan fingerprint density at radius 3 is 2.74 bits per heavy atom. The van der Waals surface area contributed by atoms with Crippen molar-refractivity contribution in [2.45, 2.75) is 59.3 Å². The highest BCUT2D eigenvalue weighted by molar-refractivity contribution is 5.83. The molecule has 0 spiro atoms. The van der Waals surface area contributed by atoms with E-state index in [-0.39, 0.29) is 0 Å². The Balaban J connectivity index is 1.77. The Kier molecular flexibility index (Phi) is 4.16. The molecule has 19 heavy (non-hydrogen) atoms. The summed E-state index contributed by atoms with van der Waals surface area (Å²) in [6, 6.07) is -0.589. The number of rotatable bonds is 5. The number of hydrazone groups is 1. The second-order valence-electron chi connectivity index (χ2n) is 6.91. The molecule has 0 aromatic heterocycles. The second kappa shape index (κ2) is 5.51. The van der Waals surface area contributed by atoms with Crippen molar-refractivity contribution < 1.29 is 4.79 Å². The zero-order chi connectivity index (χ0) is 14.0. The third-order valence-electron chi connectivity index (χ3n) is 5.46. The summed E-state index contributed by atoms with van der Waals surface area (Å²) in [5.74, 6) is 2.79. The summed E-state index contributed by atoms with van der Waals surface area (Å²) >= 11 is 0. The van der Waals surface area contributed by atoms with Crippen LogP contribution >= 0.6 is 0 Å². The average Bonchev–Trinajstić information content (AvgIpc) is 2.88. The van der Waals surface area contributed by atoms with E-state index >= 15 is 0 Å². The maximum absolute atomic E-state index is 10.6. The van der Waals surface area contributed by atoms with Gasteiger partial charge in [-0.3, -0.25) is 0 Å². The van der Waals surface area contributed by atoms with Gasteiger partial charge >= 0.3 is 6.03 Å². The molecule has 3 atom stereocenters. The van der Waals surface area contributed by atoms with Gasteiger partial charge in [0, 0.05) is 5.71 Å². The first-order chi connectivity index (χ1) is 8.91. The summed E-state index contributed by atoms with van der Waals surface area (Å²) in [6.45, 7) is 6.86. The molecule has 2 bridgehead atoms. The van der Waals surface area contributed by atoms with E-state index in [1.165, 1.54) is 25.7 Å². The SMILES string of the molecule is C/C(CCC[C@H]1[C@H]2CC[C@@H](C2)C1(C)C)=N\NC(N)=O. The van der Waals surface area contributed by atoms with Gasteiger partial charge in [-0.15, -0.1) is 0 Å². The fraction of sp³-hybridized carbons (Fsp3) is 0.867. The summed E-state index contributed by atoms with van der Waals surface area (Å²) in [4.78, 5) is 10.6. The smallest absolute Gasteiger partial charge is 0.332 e. The van der Waals surface area contributed by atoms with Crippen LogP contribution < -0.4 is 11.2 Å². The average molecular weight is 265 g/mol. The monoisotopic (exact) mass is 265 g/mol. The van der Waals surface area contributed by atoms with Gasteiger partial charge in [0.25, 0.3) is 0 Å². The molecule has 2 amide bonds. The molecule has 0 saturated heterocycles. The lowest BCUT2D eigenvalue weighted by molar-refractivity contribution is 0.113. The van der Waals surface area contributed by atoms with Gasteiger partial charge in [-0.1, -0.05) is 13.8 Å². The number of amides is 2. The standard InChI is InChI=1S/C15H27N3O/c1-10(17-18-14(16)19)5-4-6-13-11-7-8-12(9-11)15(13,2)3/h11-13H,4-9H2,1-3H3,(H3,16,18,19)/b17-10+/t11-,12-,13-/m0/s1. The number of nitrogens with one attached hydrogen (secondary N) is 1. The van der Waals surface area contributed by atoms with Crippen LogP contribution in [0.5, 0.6) is 0 Å². The Bertz CT molecular complexity index is 376. The minimum absolute atomic E-state index is 0.527. The number of hydrogen-bond donors (Lipinski definition) is 2. The topological polar surface area (TPSA) is 67.5 Å². The Morgan fingerprint density at radius 1 is 1.42 bits per heavy atom. The molecule has 108 valence electrons. The highest BCUT2D eigenvalue weighted by Gasteiger charge is 2.51. The van der Waals surface area contributed by atoms with Crippen molar-refractivity contribution >= 4 is 11.7 Å². The second-order valence-corrected chi connectivity index (χ2v) is 6.91. The van der Waals surface area contributed by atoms with Crippen LogP contribution in [0.25, 0.3) is 0 Å². The molecule has 2 aliphatic rings. The minimum atomic E-state index is -0.589. The van der Waals surface area contributed by atoms with Crippen molar-refractivity contribution in [2.24, 2.45) is 34.0 Å². The van der Waals surface area contributed by atoms with E-state index in [0.29, 0.717) is 5.41 Å². The van der Waals surface area contributed by atoms with Gasteiger partial charge < -0.3 is 5.73 Å². The number of carbonyl (C=O) groups excluding carboxylic acids is 1. The molecule has 2 saturated carbocycles. The zero-order valence-electron chi connectivity index (χ0n) is 12.4. The minimum Gasteiger partial charge on any atom is -0.350 e. The van der Waals surface area contributed by atoms with Crippen molar-refractivity contribution in [2.75, 3.05) is 0 Å². The Morgan fingerprint density at radius 2 is 2.16 bits per heavy atom. The molecule has 0 aromatic carbocycles. The van der Waals surface area contributed by atoms with Gasteiger partial charge in [0.2, 0.25) is 0 Å². The first-order valence-electron chi connectivity index (χ1n) is 7.50. The summed E-state index contributed by atoms with van der Waals surface area (Å²) in [5.41, 5.74) is 8.77. The van der Waals surface area contributed by atoms with E-state index in [1.54, 1.807) is 0 Å². The number of fused-ring (bicyclic) bond motifs is 2. The Hall–Kier alpha value is -1.06. The van der Waals surface area contributed by atoms with Crippen LogP contribution in [0.15, 0.2) is 5.10 Å². The first kappa shape index (κ1) is 14.4. The van der Waals surface area contributed by atoms with Gasteiger partial charge in [0.1, 0.15) is 0 Å². The number of nitrogens with zero attached hydrogens (tertiary/aromatic N) is 1. The third-order valence-corrected chi connectivity index (χ3v) is 5.46. The molecule has 3 N–H and O–H groups in total. The van der Waals surface area contributed by atoms with Gasteiger partial charge in [0.15, 0.2) is 0 Å². The van der Waals surface area contributed by atoms with Crippen LogP contribution in [0.1, 0.15) is 59.3 Å². The molecule has 4 heteroatoms. The molecule has 0 aromatic rings. The molecule has 2 rings (SSSR count). The van der Waals surface area contributed by atoms with Crippen molar-refractivity contribution in [3.63, 3.8) is 0 Å². The fourth-order valence-electron chi connectivity index (χ4n) is 4.36. The van der Waals surface area contributed by atoms with E-state index in [9.17, 15) is 4.79 Å². The molecular weight excluding hydrogens is 238 g/mol. The van der Waals surface area contributed by atoms with Crippen LogP contribution in [-0.2, 0) is 0 Å². The highest BCUT2D eigenvalue weighted by Crippen LogP contribution is 2.60. The van der Waals surface area contributed by atoms with Crippen molar-refractivity contribution in [3.8, 4) is 0 Å². The molecule has 0 unspecified atom stereocenters. The number of primary amides is 1. The summed E-state index contributed by atoms with van der Waals surface area (Å²) in [7, 11) is 0. The molecule has 2 aliphatic carbocycles. The normalized spacial score (nSPS) is 32.6. The van der Waals surface area contributed by atoms with Crippen LogP contribution in [0, 0.1) is 23.2 Å². The number of nitrogens with two attached hydrogens (primary N) is 1. The summed E-state index contributed by atoms with van der Waals surface area (Å²) in [5, 5.41) is 3.96. The van der Waals surface area contributed by atoms with Crippen LogP contribution in [0.4, 0.5) is 4.79 Å². The van der Waals surface area contributed by atoms with E-state index in [0.717, 1.165) is 36.3 Å². The molecule has 0 aliphatic heterocycles. The van der Waals surface area contributed by atoms with Crippen molar-refractivity contribution in [3.05, 3.63) is 0 Å². The maximum Gasteiger partial charge on any atom is 0.332 e. The number of urea groups is 1. The lowest BCUT2D eigenvalue weighted by Crippen LogP contribution is -2.30. The zero-order valence-corrected chi connectivity index (χ0v) is 12.4. The Labute approximate surface area is 116 Å². The van der Waals surface area contributed by atoms with E-state index in [4.69, 9.17) is 5.73 Å². The third kappa shape index (κ3) is 3.10. The quantitative estimate of drug-likeness (QED) is 0.581. The number of hydrogen-bond acceptors (Lipinski definition) is 2. The predicted octanol–water partition coefficient (Wildman–Crippen LogP) is 3.27. The van der Waals surface area contributed by atoms with E-state index in [2.05, 4.69) is 24.4 Å². The van der Waals surface area contributed by atoms with Crippen LogP contribution in [0.3, 0.4) is 0 Å².